The summed E-state index contributed by atoms with van der Waals surface area (Å²) in [5, 5.41) is 3.44. The molecule has 27 heavy (non-hydrogen) atoms. The van der Waals surface area contributed by atoms with Gasteiger partial charge in [0.1, 0.15) is 5.82 Å². The lowest BCUT2D eigenvalue weighted by atomic mass is 10.0. The van der Waals surface area contributed by atoms with Crippen LogP contribution >= 0.6 is 0 Å². The number of benzene rings is 1. The number of hydrogen-bond acceptors (Lipinski definition) is 5. The van der Waals surface area contributed by atoms with Crippen LogP contribution in [0.5, 0.6) is 0 Å². The number of anilines is 4. The first-order valence-electron chi connectivity index (χ1n) is 10.2. The first-order valence-corrected chi connectivity index (χ1v) is 10.2. The van der Waals surface area contributed by atoms with Gasteiger partial charge >= 0.3 is 0 Å². The van der Waals surface area contributed by atoms with Gasteiger partial charge < -0.3 is 15.1 Å². The summed E-state index contributed by atoms with van der Waals surface area (Å²) in [5.41, 5.74) is 4.53. The second-order valence-electron chi connectivity index (χ2n) is 7.68. The van der Waals surface area contributed by atoms with Crippen molar-refractivity contribution in [1.29, 1.82) is 0 Å². The summed E-state index contributed by atoms with van der Waals surface area (Å²) in [7, 11) is 0. The quantitative estimate of drug-likeness (QED) is 0.785. The van der Waals surface area contributed by atoms with Crippen molar-refractivity contribution in [2.24, 2.45) is 5.92 Å². The zero-order valence-corrected chi connectivity index (χ0v) is 17.4. The summed E-state index contributed by atoms with van der Waals surface area (Å²) in [6, 6.07) is 8.64. The number of aromatic nitrogens is 2. The molecule has 1 unspecified atom stereocenters. The number of aryl methyl sites for hydroxylation is 2. The Labute approximate surface area is 163 Å². The highest BCUT2D eigenvalue weighted by Gasteiger charge is 2.18. The van der Waals surface area contributed by atoms with Crippen LogP contribution in [0.25, 0.3) is 0 Å². The highest BCUT2D eigenvalue weighted by molar-refractivity contribution is 5.64. The van der Waals surface area contributed by atoms with Crippen molar-refractivity contribution in [2.45, 2.75) is 47.5 Å². The van der Waals surface area contributed by atoms with Crippen LogP contribution in [0.3, 0.4) is 0 Å². The molecule has 1 fully saturated rings. The Morgan fingerprint density at radius 3 is 2.59 bits per heavy atom. The average Bonchev–Trinajstić information content (AvgIpc) is 2.64. The number of nitrogens with zero attached hydrogens (tertiary/aromatic N) is 4. The van der Waals surface area contributed by atoms with Crippen LogP contribution in [0.15, 0.2) is 24.3 Å². The van der Waals surface area contributed by atoms with Crippen molar-refractivity contribution >= 4 is 23.1 Å². The predicted octanol–water partition coefficient (Wildman–Crippen LogP) is 4.92. The van der Waals surface area contributed by atoms with Gasteiger partial charge in [-0.3, -0.25) is 0 Å². The summed E-state index contributed by atoms with van der Waals surface area (Å²) < 4.78 is 0. The van der Waals surface area contributed by atoms with Gasteiger partial charge in [-0.2, -0.15) is 4.98 Å². The van der Waals surface area contributed by atoms with Crippen LogP contribution in [0.4, 0.5) is 23.1 Å². The number of hydrogen-bond donors (Lipinski definition) is 1. The van der Waals surface area contributed by atoms with E-state index in [4.69, 9.17) is 4.98 Å². The molecule has 1 aliphatic rings. The van der Waals surface area contributed by atoms with Crippen LogP contribution in [-0.4, -0.2) is 36.1 Å². The van der Waals surface area contributed by atoms with E-state index in [1.54, 1.807) is 0 Å². The van der Waals surface area contributed by atoms with Gasteiger partial charge in [0.15, 0.2) is 0 Å². The number of piperidine rings is 1. The Balaban J connectivity index is 1.81. The lowest BCUT2D eigenvalue weighted by molar-refractivity contribution is 0.444. The Kier molecular flexibility index (Phi) is 6.19. The third kappa shape index (κ3) is 4.71. The zero-order chi connectivity index (χ0) is 19.4. The van der Waals surface area contributed by atoms with Gasteiger partial charge in [0, 0.05) is 49.3 Å². The van der Waals surface area contributed by atoms with Gasteiger partial charge in [-0.05, 0) is 70.2 Å². The Bertz CT molecular complexity index is 769. The highest BCUT2D eigenvalue weighted by atomic mass is 15.2. The van der Waals surface area contributed by atoms with Crippen LogP contribution in [0.2, 0.25) is 0 Å². The molecule has 0 spiro atoms. The molecule has 1 aromatic carbocycles. The van der Waals surface area contributed by atoms with E-state index in [1.165, 1.54) is 24.1 Å². The summed E-state index contributed by atoms with van der Waals surface area (Å²) >= 11 is 0. The SMILES string of the molecule is CCN(CC)c1ccc(Nc2nc(C)cc(N3CCCC(C)C3)n2)c(C)c1. The Hall–Kier alpha value is -2.30. The fourth-order valence-electron chi connectivity index (χ4n) is 3.86. The fourth-order valence-corrected chi connectivity index (χ4v) is 3.86. The standard InChI is InChI=1S/C22H33N5/c1-6-26(7-2)19-10-11-20(17(4)13-19)24-22-23-18(5)14-21(25-22)27-12-8-9-16(3)15-27/h10-11,13-14,16H,6-9,12,15H2,1-5H3,(H,23,24,25). The molecule has 0 saturated carbocycles. The van der Waals surface area contributed by atoms with Crippen molar-refractivity contribution in [3.8, 4) is 0 Å². The van der Waals surface area contributed by atoms with E-state index in [-0.39, 0.29) is 0 Å². The predicted molar refractivity (Wildman–Crippen MR) is 115 cm³/mol. The molecule has 1 atom stereocenters. The Morgan fingerprint density at radius 1 is 1.15 bits per heavy atom. The Morgan fingerprint density at radius 2 is 1.93 bits per heavy atom. The fraction of sp³-hybridized carbons (Fsp3) is 0.545. The van der Waals surface area contributed by atoms with E-state index in [0.717, 1.165) is 49.3 Å². The van der Waals surface area contributed by atoms with Gasteiger partial charge in [0.05, 0.1) is 0 Å². The molecule has 5 nitrogen and oxygen atoms in total. The molecule has 1 aromatic heterocycles. The lowest BCUT2D eigenvalue weighted by Crippen LogP contribution is -2.35. The normalized spacial score (nSPS) is 17.1. The number of nitrogens with one attached hydrogen (secondary N) is 1. The first kappa shape index (κ1) is 19.5. The summed E-state index contributed by atoms with van der Waals surface area (Å²) in [6.07, 6.45) is 2.54. The molecular formula is C22H33N5. The van der Waals surface area contributed by atoms with Gasteiger partial charge in [0.25, 0.3) is 0 Å². The minimum Gasteiger partial charge on any atom is -0.372 e. The topological polar surface area (TPSA) is 44.3 Å². The van der Waals surface area contributed by atoms with E-state index < -0.39 is 0 Å². The third-order valence-electron chi connectivity index (χ3n) is 5.41. The van der Waals surface area contributed by atoms with Gasteiger partial charge in [-0.25, -0.2) is 4.98 Å². The minimum atomic E-state index is 0.682. The smallest absolute Gasteiger partial charge is 0.229 e. The van der Waals surface area contributed by atoms with E-state index in [2.05, 4.69) is 72.1 Å². The maximum absolute atomic E-state index is 4.81. The molecular weight excluding hydrogens is 334 g/mol. The second-order valence-corrected chi connectivity index (χ2v) is 7.68. The molecule has 1 aliphatic heterocycles. The summed E-state index contributed by atoms with van der Waals surface area (Å²) in [5.74, 6) is 2.44. The third-order valence-corrected chi connectivity index (χ3v) is 5.41. The molecule has 3 rings (SSSR count). The molecule has 0 radical (unpaired) electrons. The molecule has 1 N–H and O–H groups in total. The molecule has 0 amide bonds. The van der Waals surface area contributed by atoms with Crippen LogP contribution in [0, 0.1) is 19.8 Å². The van der Waals surface area contributed by atoms with Crippen molar-refractivity contribution in [2.75, 3.05) is 41.3 Å². The monoisotopic (exact) mass is 367 g/mol. The highest BCUT2D eigenvalue weighted by Crippen LogP contribution is 2.27. The minimum absolute atomic E-state index is 0.682. The lowest BCUT2D eigenvalue weighted by Gasteiger charge is -2.32. The largest absolute Gasteiger partial charge is 0.372 e. The van der Waals surface area contributed by atoms with Crippen molar-refractivity contribution < 1.29 is 0 Å². The van der Waals surface area contributed by atoms with Crippen LogP contribution in [-0.2, 0) is 0 Å². The van der Waals surface area contributed by atoms with Gasteiger partial charge in [-0.1, -0.05) is 6.92 Å². The molecule has 5 heteroatoms. The average molecular weight is 368 g/mol. The van der Waals surface area contributed by atoms with Crippen molar-refractivity contribution in [3.63, 3.8) is 0 Å². The molecule has 2 aromatic rings. The van der Waals surface area contributed by atoms with E-state index in [9.17, 15) is 0 Å². The zero-order valence-electron chi connectivity index (χ0n) is 17.4. The summed E-state index contributed by atoms with van der Waals surface area (Å²) in [4.78, 5) is 14.2. The number of rotatable bonds is 6. The molecule has 1 saturated heterocycles. The van der Waals surface area contributed by atoms with E-state index >= 15 is 0 Å². The molecule has 0 aliphatic carbocycles. The van der Waals surface area contributed by atoms with Crippen molar-refractivity contribution in [3.05, 3.63) is 35.5 Å². The van der Waals surface area contributed by atoms with E-state index in [1.807, 2.05) is 6.92 Å². The van der Waals surface area contributed by atoms with Gasteiger partial charge in [-0.15, -0.1) is 0 Å². The maximum Gasteiger partial charge on any atom is 0.229 e. The van der Waals surface area contributed by atoms with Crippen LogP contribution in [0.1, 0.15) is 44.9 Å². The summed E-state index contributed by atoms with van der Waals surface area (Å²) in [6.45, 7) is 15.1. The molecule has 2 heterocycles. The second kappa shape index (κ2) is 8.59. The molecule has 146 valence electrons. The van der Waals surface area contributed by atoms with Crippen molar-refractivity contribution in [1.82, 2.24) is 9.97 Å². The van der Waals surface area contributed by atoms with Crippen LogP contribution < -0.4 is 15.1 Å². The molecule has 0 bridgehead atoms. The first-order chi connectivity index (χ1) is 13.0. The van der Waals surface area contributed by atoms with Gasteiger partial charge in [0.2, 0.25) is 5.95 Å². The maximum atomic E-state index is 4.81. The van der Waals surface area contributed by atoms with E-state index in [0.29, 0.717) is 5.95 Å².